The molecule has 8 nitrogen and oxygen atoms in total. The van der Waals surface area contributed by atoms with Crippen molar-refractivity contribution >= 4 is 31.8 Å². The number of hydrogen-bond donors (Lipinski definition) is 1. The lowest BCUT2D eigenvalue weighted by Gasteiger charge is -2.45. The summed E-state index contributed by atoms with van der Waals surface area (Å²) in [4.78, 5) is 7.22. The maximum Gasteiger partial charge on any atom is 0.246 e. The maximum atomic E-state index is 13.8. The molecular weight excluding hydrogens is 480 g/mol. The van der Waals surface area contributed by atoms with Gasteiger partial charge in [0.2, 0.25) is 10.0 Å². The fraction of sp³-hybridized carbons (Fsp3) is 0.619. The summed E-state index contributed by atoms with van der Waals surface area (Å²) < 4.78 is 31.7. The van der Waals surface area contributed by atoms with Gasteiger partial charge in [0.15, 0.2) is 0 Å². The van der Waals surface area contributed by atoms with E-state index in [2.05, 4.69) is 36.2 Å². The number of aromatic nitrogens is 3. The zero-order chi connectivity index (χ0) is 21.6. The number of fused-ring (bicyclic) bond motifs is 3. The third-order valence-electron chi connectivity index (χ3n) is 7.08. The molecule has 4 fully saturated rings. The quantitative estimate of drug-likeness (QED) is 0.668. The molecule has 0 radical (unpaired) electrons. The number of nitrogens with zero attached hydrogens (tertiary/aromatic N) is 5. The van der Waals surface area contributed by atoms with Crippen LogP contribution in [0.5, 0.6) is 0 Å². The minimum absolute atomic E-state index is 0.148. The van der Waals surface area contributed by atoms with Crippen LogP contribution >= 0.6 is 15.9 Å². The molecule has 6 heterocycles. The molecule has 4 aliphatic heterocycles. The average molecular weight is 509 g/mol. The van der Waals surface area contributed by atoms with Crippen LogP contribution < -0.4 is 5.32 Å². The van der Waals surface area contributed by atoms with Gasteiger partial charge in [0, 0.05) is 61.2 Å². The SMILES string of the molecule is Cn1nccc1C1CCCN(S(=O)(=O)c2cc(Br)cnc2NC2CN3CCC2CC3)C1. The Hall–Kier alpha value is -1.49. The van der Waals surface area contributed by atoms with E-state index in [-0.39, 0.29) is 16.9 Å². The molecule has 0 saturated carbocycles. The molecule has 2 aromatic heterocycles. The number of hydrogen-bond acceptors (Lipinski definition) is 6. The van der Waals surface area contributed by atoms with Gasteiger partial charge in [-0.15, -0.1) is 0 Å². The largest absolute Gasteiger partial charge is 0.365 e. The second-order valence-corrected chi connectivity index (χ2v) is 11.8. The predicted molar refractivity (Wildman–Crippen MR) is 122 cm³/mol. The molecule has 10 heteroatoms. The van der Waals surface area contributed by atoms with Gasteiger partial charge in [-0.1, -0.05) is 0 Å². The molecule has 2 aromatic rings. The van der Waals surface area contributed by atoms with Crippen LogP contribution in [-0.2, 0) is 17.1 Å². The van der Waals surface area contributed by atoms with Crippen LogP contribution in [0.3, 0.4) is 0 Å². The van der Waals surface area contributed by atoms with Crippen molar-refractivity contribution in [3.05, 3.63) is 34.7 Å². The lowest BCUT2D eigenvalue weighted by molar-refractivity contribution is 0.0972. The van der Waals surface area contributed by atoms with E-state index in [1.165, 1.54) is 0 Å². The fourth-order valence-corrected chi connectivity index (χ4v) is 7.49. The monoisotopic (exact) mass is 508 g/mol. The van der Waals surface area contributed by atoms with Crippen molar-refractivity contribution in [3.63, 3.8) is 0 Å². The van der Waals surface area contributed by atoms with Gasteiger partial charge >= 0.3 is 0 Å². The molecule has 6 rings (SSSR count). The number of halogens is 1. The molecule has 4 aliphatic rings. The zero-order valence-electron chi connectivity index (χ0n) is 17.7. The van der Waals surface area contributed by atoms with E-state index < -0.39 is 10.0 Å². The summed E-state index contributed by atoms with van der Waals surface area (Å²) in [6.07, 6.45) is 7.57. The Kier molecular flexibility index (Phi) is 5.83. The Balaban J connectivity index is 1.42. The highest BCUT2D eigenvalue weighted by atomic mass is 79.9. The van der Waals surface area contributed by atoms with E-state index in [9.17, 15) is 8.42 Å². The summed E-state index contributed by atoms with van der Waals surface area (Å²) in [5.74, 6) is 1.20. The highest BCUT2D eigenvalue weighted by molar-refractivity contribution is 9.10. The van der Waals surface area contributed by atoms with Crippen molar-refractivity contribution < 1.29 is 8.42 Å². The Morgan fingerprint density at radius 1 is 1.16 bits per heavy atom. The second-order valence-electron chi connectivity index (χ2n) is 8.97. The fourth-order valence-electron chi connectivity index (χ4n) is 5.36. The highest BCUT2D eigenvalue weighted by Gasteiger charge is 2.37. The van der Waals surface area contributed by atoms with Gasteiger partial charge in [0.1, 0.15) is 10.7 Å². The van der Waals surface area contributed by atoms with Crippen LogP contribution in [0.1, 0.15) is 37.3 Å². The number of nitrogens with one attached hydrogen (secondary N) is 1. The smallest absolute Gasteiger partial charge is 0.246 e. The van der Waals surface area contributed by atoms with Crippen molar-refractivity contribution in [3.8, 4) is 0 Å². The van der Waals surface area contributed by atoms with Crippen LogP contribution in [0, 0.1) is 5.92 Å². The summed E-state index contributed by atoms with van der Waals surface area (Å²) in [5, 5.41) is 7.77. The van der Waals surface area contributed by atoms with Crippen molar-refractivity contribution in [2.24, 2.45) is 13.0 Å². The third-order valence-corrected chi connectivity index (χ3v) is 9.39. The molecule has 0 spiro atoms. The number of aryl methyl sites for hydroxylation is 1. The minimum atomic E-state index is -3.68. The summed E-state index contributed by atoms with van der Waals surface area (Å²) in [6, 6.07) is 3.93. The normalized spacial score (nSPS) is 29.2. The molecule has 168 valence electrons. The molecule has 0 aromatic carbocycles. The average Bonchev–Trinajstić information content (AvgIpc) is 3.22. The van der Waals surface area contributed by atoms with Gasteiger partial charge in [-0.25, -0.2) is 13.4 Å². The summed E-state index contributed by atoms with van der Waals surface area (Å²) in [7, 11) is -1.77. The van der Waals surface area contributed by atoms with E-state index in [1.807, 2.05) is 17.8 Å². The van der Waals surface area contributed by atoms with Crippen LogP contribution in [0.2, 0.25) is 0 Å². The summed E-state index contributed by atoms with van der Waals surface area (Å²) in [6.45, 7) is 4.24. The van der Waals surface area contributed by atoms with Gasteiger partial charge in [-0.05, 0) is 72.8 Å². The lowest BCUT2D eigenvalue weighted by atomic mass is 9.84. The molecule has 2 atom stereocenters. The Bertz CT molecular complexity index is 1050. The van der Waals surface area contributed by atoms with Gasteiger partial charge < -0.3 is 10.2 Å². The van der Waals surface area contributed by atoms with Crippen molar-refractivity contribution in [2.75, 3.05) is 38.0 Å². The molecule has 4 saturated heterocycles. The lowest BCUT2D eigenvalue weighted by Crippen LogP contribution is -2.53. The molecule has 31 heavy (non-hydrogen) atoms. The molecule has 2 bridgehead atoms. The van der Waals surface area contributed by atoms with E-state index in [0.29, 0.717) is 29.3 Å². The Labute approximate surface area is 192 Å². The zero-order valence-corrected chi connectivity index (χ0v) is 20.1. The topological polar surface area (TPSA) is 83.4 Å². The van der Waals surface area contributed by atoms with Gasteiger partial charge in [0.05, 0.1) is 0 Å². The minimum Gasteiger partial charge on any atom is -0.365 e. The summed E-state index contributed by atoms with van der Waals surface area (Å²) >= 11 is 3.43. The van der Waals surface area contributed by atoms with Crippen LogP contribution in [0.4, 0.5) is 5.82 Å². The van der Waals surface area contributed by atoms with E-state index in [1.54, 1.807) is 22.8 Å². The predicted octanol–water partition coefficient (Wildman–Crippen LogP) is 2.65. The number of piperidine rings is 4. The van der Waals surface area contributed by atoms with E-state index >= 15 is 0 Å². The van der Waals surface area contributed by atoms with Gasteiger partial charge in [-0.3, -0.25) is 4.68 Å². The first-order valence-electron chi connectivity index (χ1n) is 11.0. The van der Waals surface area contributed by atoms with Gasteiger partial charge in [-0.2, -0.15) is 9.40 Å². The molecule has 2 unspecified atom stereocenters. The van der Waals surface area contributed by atoms with Gasteiger partial charge in [0.25, 0.3) is 0 Å². The van der Waals surface area contributed by atoms with Crippen LogP contribution in [0.15, 0.2) is 33.9 Å². The highest BCUT2D eigenvalue weighted by Crippen LogP contribution is 2.35. The van der Waals surface area contributed by atoms with Crippen molar-refractivity contribution in [1.82, 2.24) is 24.0 Å². The molecule has 0 amide bonds. The van der Waals surface area contributed by atoms with E-state index in [4.69, 9.17) is 0 Å². The van der Waals surface area contributed by atoms with Crippen LogP contribution in [-0.4, -0.2) is 71.2 Å². The van der Waals surface area contributed by atoms with Crippen LogP contribution in [0.25, 0.3) is 0 Å². The van der Waals surface area contributed by atoms with Crippen molar-refractivity contribution in [1.29, 1.82) is 0 Å². The Morgan fingerprint density at radius 2 is 1.97 bits per heavy atom. The third kappa shape index (κ3) is 4.15. The number of sulfonamides is 1. The number of rotatable bonds is 5. The first-order chi connectivity index (χ1) is 14.9. The first kappa shape index (κ1) is 21.4. The number of anilines is 1. The molecule has 0 aliphatic carbocycles. The first-order valence-corrected chi connectivity index (χ1v) is 13.3. The molecular formula is C21H29BrN6O2S. The molecule has 1 N–H and O–H groups in total. The standard InChI is InChI=1S/C21H29BrN6O2S/c1-26-19(4-7-24-26)16-3-2-8-28(13-16)31(29,30)20-11-17(22)12-23-21(20)25-18-14-27-9-5-15(18)6-10-27/h4,7,11-12,15-16,18H,2-3,5-6,8-10,13-14H2,1H3,(H,23,25). The number of pyridine rings is 1. The van der Waals surface area contributed by atoms with Crippen molar-refractivity contribution in [2.45, 2.75) is 42.5 Å². The van der Waals surface area contributed by atoms with E-state index in [0.717, 1.165) is 51.0 Å². The summed E-state index contributed by atoms with van der Waals surface area (Å²) in [5.41, 5.74) is 1.08. The second kappa shape index (κ2) is 8.46. The maximum absolute atomic E-state index is 13.8. The Morgan fingerprint density at radius 3 is 2.65 bits per heavy atom.